The molecule has 1 N–H and O–H groups in total. The van der Waals surface area contributed by atoms with Gasteiger partial charge in [-0.15, -0.1) is 5.73 Å². The summed E-state index contributed by atoms with van der Waals surface area (Å²) >= 11 is 0. The van der Waals surface area contributed by atoms with Gasteiger partial charge in [0.15, 0.2) is 0 Å². The van der Waals surface area contributed by atoms with Crippen molar-refractivity contribution in [2.45, 2.75) is 26.7 Å². The van der Waals surface area contributed by atoms with Crippen LogP contribution in [0.5, 0.6) is 0 Å². The molecule has 73 valence electrons. The Balaban J connectivity index is 3.01. The minimum Gasteiger partial charge on any atom is -0.355 e. The maximum Gasteiger partial charge on any atom is 0.0442 e. The molecule has 0 aliphatic carbocycles. The third-order valence-corrected chi connectivity index (χ3v) is 2.24. The lowest BCUT2D eigenvalue weighted by Crippen LogP contribution is -1.94. The molecule has 1 rings (SSSR count). The normalized spacial score (nSPS) is 9.71. The molecule has 0 aliphatic heterocycles. The van der Waals surface area contributed by atoms with Crippen LogP contribution in [0.15, 0.2) is 30.1 Å². The van der Waals surface area contributed by atoms with E-state index in [9.17, 15) is 0 Å². The van der Waals surface area contributed by atoms with Crippen molar-refractivity contribution in [3.63, 3.8) is 0 Å². The Kier molecular flexibility index (Phi) is 3.55. The molecule has 14 heavy (non-hydrogen) atoms. The summed E-state index contributed by atoms with van der Waals surface area (Å²) in [6.07, 6.45) is 1.62. The summed E-state index contributed by atoms with van der Waals surface area (Å²) in [5.74, 6) is 0.544. The molecule has 1 aromatic carbocycles. The van der Waals surface area contributed by atoms with Crippen LogP contribution in [0.1, 0.15) is 30.9 Å². The minimum absolute atomic E-state index is 0.544. The van der Waals surface area contributed by atoms with E-state index in [0.29, 0.717) is 5.92 Å². The number of aryl methyl sites for hydroxylation is 1. The predicted molar refractivity (Wildman–Crippen MR) is 61.3 cm³/mol. The maximum atomic E-state index is 5.16. The van der Waals surface area contributed by atoms with Crippen molar-refractivity contribution in [2.24, 2.45) is 0 Å². The number of nitrogens with one attached hydrogen (secondary N) is 1. The van der Waals surface area contributed by atoms with Gasteiger partial charge in [0.2, 0.25) is 0 Å². The number of rotatable bonds is 3. The van der Waals surface area contributed by atoms with Crippen molar-refractivity contribution in [1.29, 1.82) is 0 Å². The van der Waals surface area contributed by atoms with Crippen molar-refractivity contribution in [1.82, 2.24) is 0 Å². The summed E-state index contributed by atoms with van der Waals surface area (Å²) < 4.78 is 0. The number of benzene rings is 1. The van der Waals surface area contributed by atoms with Gasteiger partial charge in [-0.1, -0.05) is 26.0 Å². The van der Waals surface area contributed by atoms with Crippen LogP contribution in [0.2, 0.25) is 0 Å². The van der Waals surface area contributed by atoms with E-state index < -0.39 is 0 Å². The maximum absolute atomic E-state index is 5.16. The van der Waals surface area contributed by atoms with E-state index >= 15 is 0 Å². The van der Waals surface area contributed by atoms with Crippen LogP contribution in [-0.4, -0.2) is 0 Å². The number of hydrogen-bond donors (Lipinski definition) is 1. The van der Waals surface area contributed by atoms with Crippen LogP contribution < -0.4 is 5.32 Å². The zero-order chi connectivity index (χ0) is 10.6. The zero-order valence-corrected chi connectivity index (χ0v) is 8.96. The van der Waals surface area contributed by atoms with Gasteiger partial charge in [-0.3, -0.25) is 0 Å². The molecule has 1 aromatic rings. The van der Waals surface area contributed by atoms with E-state index in [1.54, 1.807) is 6.20 Å². The predicted octanol–water partition coefficient (Wildman–Crippen LogP) is 3.63. The first-order valence-electron chi connectivity index (χ1n) is 4.80. The van der Waals surface area contributed by atoms with E-state index in [2.05, 4.69) is 50.0 Å². The Morgan fingerprint density at radius 1 is 1.43 bits per heavy atom. The third-order valence-electron chi connectivity index (χ3n) is 2.24. The molecule has 0 aromatic heterocycles. The Morgan fingerprint density at radius 3 is 2.71 bits per heavy atom. The fraction of sp³-hybridized carbons (Fsp3) is 0.308. The first-order chi connectivity index (χ1) is 6.65. The molecular formula is C13H16N. The second-order valence-corrected chi connectivity index (χ2v) is 3.68. The fourth-order valence-corrected chi connectivity index (χ4v) is 1.27. The highest BCUT2D eigenvalue weighted by Crippen LogP contribution is 2.22. The Labute approximate surface area is 86.2 Å². The standard InChI is InChI=1S/C13H16N/c1-5-8-14-13-9-12(10(2)3)7-6-11(13)4/h1,6-10,14H,2-4H3. The SMILES string of the molecule is [CH]=C=CNc1cc(C(C)C)ccc1C. The van der Waals surface area contributed by atoms with E-state index in [1.165, 1.54) is 11.1 Å². The Morgan fingerprint density at radius 2 is 2.14 bits per heavy atom. The van der Waals surface area contributed by atoms with Gasteiger partial charge in [-0.2, -0.15) is 0 Å². The van der Waals surface area contributed by atoms with Crippen molar-refractivity contribution in [2.75, 3.05) is 5.32 Å². The number of hydrogen-bond acceptors (Lipinski definition) is 1. The van der Waals surface area contributed by atoms with Crippen molar-refractivity contribution >= 4 is 5.69 Å². The lowest BCUT2D eigenvalue weighted by Gasteiger charge is -2.10. The first kappa shape index (κ1) is 10.6. The van der Waals surface area contributed by atoms with E-state index in [0.717, 1.165) is 5.69 Å². The summed E-state index contributed by atoms with van der Waals surface area (Å²) in [7, 11) is 0. The summed E-state index contributed by atoms with van der Waals surface area (Å²) in [5, 5.41) is 3.10. The smallest absolute Gasteiger partial charge is 0.0442 e. The third kappa shape index (κ3) is 2.51. The molecule has 1 radical (unpaired) electrons. The highest BCUT2D eigenvalue weighted by atomic mass is 14.8. The van der Waals surface area contributed by atoms with Crippen molar-refractivity contribution in [3.05, 3.63) is 47.8 Å². The van der Waals surface area contributed by atoms with Crippen LogP contribution in [0.4, 0.5) is 5.69 Å². The molecule has 0 saturated carbocycles. The molecule has 0 heterocycles. The van der Waals surface area contributed by atoms with Gasteiger partial charge < -0.3 is 5.32 Å². The van der Waals surface area contributed by atoms with Gasteiger partial charge in [0.05, 0.1) is 0 Å². The van der Waals surface area contributed by atoms with Gasteiger partial charge in [-0.05, 0) is 36.6 Å². The van der Waals surface area contributed by atoms with Crippen LogP contribution in [0, 0.1) is 13.5 Å². The largest absolute Gasteiger partial charge is 0.355 e. The average Bonchev–Trinajstić information content (AvgIpc) is 2.16. The van der Waals surface area contributed by atoms with E-state index in [1.807, 2.05) is 0 Å². The molecule has 0 amide bonds. The van der Waals surface area contributed by atoms with E-state index in [-0.39, 0.29) is 0 Å². The minimum atomic E-state index is 0.544. The second kappa shape index (κ2) is 4.69. The van der Waals surface area contributed by atoms with Crippen LogP contribution >= 0.6 is 0 Å². The molecule has 1 nitrogen and oxygen atoms in total. The lowest BCUT2D eigenvalue weighted by atomic mass is 10.0. The van der Waals surface area contributed by atoms with Crippen LogP contribution in [0.3, 0.4) is 0 Å². The van der Waals surface area contributed by atoms with Gasteiger partial charge >= 0.3 is 0 Å². The quantitative estimate of drug-likeness (QED) is 0.711. The molecule has 1 heteroatoms. The topological polar surface area (TPSA) is 12.0 Å². The molecule has 0 bridgehead atoms. The lowest BCUT2D eigenvalue weighted by molar-refractivity contribution is 0.866. The summed E-state index contributed by atoms with van der Waals surface area (Å²) in [6, 6.07) is 6.41. The van der Waals surface area contributed by atoms with Crippen molar-refractivity contribution in [3.8, 4) is 0 Å². The van der Waals surface area contributed by atoms with E-state index in [4.69, 9.17) is 6.58 Å². The first-order valence-corrected chi connectivity index (χ1v) is 4.80. The fourth-order valence-electron chi connectivity index (χ4n) is 1.27. The molecule has 0 spiro atoms. The summed E-state index contributed by atoms with van der Waals surface area (Å²) in [4.78, 5) is 0. The van der Waals surface area contributed by atoms with Gasteiger partial charge in [-0.25, -0.2) is 0 Å². The Bertz CT molecular complexity index is 357. The zero-order valence-electron chi connectivity index (χ0n) is 8.96. The van der Waals surface area contributed by atoms with Gasteiger partial charge in [0, 0.05) is 11.9 Å². The number of anilines is 1. The van der Waals surface area contributed by atoms with Gasteiger partial charge in [0.25, 0.3) is 0 Å². The molecule has 0 saturated heterocycles. The Hall–Kier alpha value is -1.46. The average molecular weight is 186 g/mol. The second-order valence-electron chi connectivity index (χ2n) is 3.68. The molecule has 0 unspecified atom stereocenters. The van der Waals surface area contributed by atoms with Crippen molar-refractivity contribution < 1.29 is 0 Å². The monoisotopic (exact) mass is 186 g/mol. The molecule has 0 atom stereocenters. The molecule has 0 aliphatic rings. The molecular weight excluding hydrogens is 170 g/mol. The molecule has 0 fully saturated rings. The summed E-state index contributed by atoms with van der Waals surface area (Å²) in [6.45, 7) is 11.6. The summed E-state index contributed by atoms with van der Waals surface area (Å²) in [5.41, 5.74) is 6.08. The highest BCUT2D eigenvalue weighted by molar-refractivity contribution is 5.54. The van der Waals surface area contributed by atoms with Gasteiger partial charge in [0.1, 0.15) is 0 Å². The van der Waals surface area contributed by atoms with Crippen LogP contribution in [-0.2, 0) is 0 Å². The van der Waals surface area contributed by atoms with Crippen LogP contribution in [0.25, 0.3) is 0 Å². The highest BCUT2D eigenvalue weighted by Gasteiger charge is 2.01.